The fourth-order valence-electron chi connectivity index (χ4n) is 3.64. The van der Waals surface area contributed by atoms with Gasteiger partial charge < -0.3 is 20.1 Å². The average molecular weight is 485 g/mol. The number of hydrogen-bond acceptors (Lipinski definition) is 6. The second-order valence-electron chi connectivity index (χ2n) is 11.1. The fraction of sp³-hybridized carbons (Fsp3) is 0.889. The van der Waals surface area contributed by atoms with Gasteiger partial charge in [-0.25, -0.2) is 0 Å². The molecule has 0 aromatic rings. The first-order valence-corrected chi connectivity index (χ1v) is 13.2. The van der Waals surface area contributed by atoms with Crippen LogP contribution < -0.4 is 5.73 Å². The molecular weight excluding hydrogens is 432 g/mol. The number of nitrogens with zero attached hydrogens (tertiary/aromatic N) is 1. The zero-order valence-corrected chi connectivity index (χ0v) is 23.0. The van der Waals surface area contributed by atoms with Gasteiger partial charge in [-0.15, -0.1) is 0 Å². The van der Waals surface area contributed by atoms with Crippen molar-refractivity contribution in [2.75, 3.05) is 13.6 Å². The Balaban J connectivity index is 3.84. The highest BCUT2D eigenvalue weighted by atomic mass is 16.6. The van der Waals surface area contributed by atoms with E-state index >= 15 is 0 Å². The van der Waals surface area contributed by atoms with Crippen LogP contribution >= 0.6 is 0 Å². The second-order valence-corrected chi connectivity index (χ2v) is 11.1. The molecule has 0 rings (SSSR count). The topological polar surface area (TPSA) is 98.9 Å². The first kappa shape index (κ1) is 32.4. The van der Waals surface area contributed by atoms with Crippen molar-refractivity contribution in [2.45, 2.75) is 142 Å². The summed E-state index contributed by atoms with van der Waals surface area (Å²) in [4.78, 5) is 38.2. The van der Waals surface area contributed by atoms with E-state index in [9.17, 15) is 14.4 Å². The smallest absolute Gasteiger partial charge is 0.323 e. The zero-order chi connectivity index (χ0) is 26.2. The van der Waals surface area contributed by atoms with E-state index in [1.165, 1.54) is 6.42 Å². The van der Waals surface area contributed by atoms with E-state index in [4.69, 9.17) is 15.2 Å². The van der Waals surface area contributed by atoms with Gasteiger partial charge in [0.2, 0.25) is 5.91 Å². The van der Waals surface area contributed by atoms with Gasteiger partial charge in [0, 0.05) is 20.0 Å². The van der Waals surface area contributed by atoms with E-state index in [-0.39, 0.29) is 12.3 Å². The molecule has 0 saturated heterocycles. The predicted octanol–water partition coefficient (Wildman–Crippen LogP) is 5.53. The maximum atomic E-state index is 12.3. The van der Waals surface area contributed by atoms with Crippen molar-refractivity contribution in [1.29, 1.82) is 0 Å². The summed E-state index contributed by atoms with van der Waals surface area (Å²) in [7, 11) is 1.90. The predicted molar refractivity (Wildman–Crippen MR) is 137 cm³/mol. The van der Waals surface area contributed by atoms with Crippen LogP contribution in [0.1, 0.15) is 125 Å². The van der Waals surface area contributed by atoms with E-state index in [1.54, 1.807) is 34.6 Å². The summed E-state index contributed by atoms with van der Waals surface area (Å²) in [5.74, 6) is -0.607. The maximum Gasteiger partial charge on any atom is 0.323 e. The van der Waals surface area contributed by atoms with Gasteiger partial charge in [0.15, 0.2) is 0 Å². The largest absolute Gasteiger partial charge is 0.460 e. The van der Waals surface area contributed by atoms with Crippen LogP contribution in [0, 0.1) is 0 Å². The second kappa shape index (κ2) is 16.9. The molecule has 1 unspecified atom stereocenters. The van der Waals surface area contributed by atoms with Crippen LogP contribution in [0.2, 0.25) is 0 Å². The number of carbonyl (C=O) groups excluding carboxylic acids is 3. The zero-order valence-electron chi connectivity index (χ0n) is 23.0. The van der Waals surface area contributed by atoms with E-state index in [2.05, 4.69) is 6.92 Å². The molecule has 7 heteroatoms. The molecule has 0 aromatic heterocycles. The van der Waals surface area contributed by atoms with Gasteiger partial charge in [-0.1, -0.05) is 58.3 Å². The summed E-state index contributed by atoms with van der Waals surface area (Å²) < 4.78 is 10.8. The number of rotatable bonds is 18. The molecule has 0 fully saturated rings. The minimum atomic E-state index is -0.952. The van der Waals surface area contributed by atoms with Gasteiger partial charge >= 0.3 is 11.9 Å². The van der Waals surface area contributed by atoms with Gasteiger partial charge in [0.25, 0.3) is 0 Å². The minimum Gasteiger partial charge on any atom is -0.460 e. The Kier molecular flexibility index (Phi) is 16.1. The molecule has 200 valence electrons. The van der Waals surface area contributed by atoms with Crippen LogP contribution in [0.25, 0.3) is 0 Å². The lowest BCUT2D eigenvalue weighted by atomic mass is 10.0. The third-order valence-corrected chi connectivity index (χ3v) is 5.60. The molecule has 2 N–H and O–H groups in total. The van der Waals surface area contributed by atoms with Crippen molar-refractivity contribution < 1.29 is 23.9 Å². The standard InChI is InChI=1S/C27H52N2O5/c1-8-9-20-29(7)23(30)19-17-15-13-11-10-12-14-16-18-22(28)25(32)34-27(5,6)21-24(31)33-26(2,3)4/h22H,8-21,28H2,1-7H3. The molecule has 0 saturated carbocycles. The highest BCUT2D eigenvalue weighted by molar-refractivity contribution is 5.77. The third kappa shape index (κ3) is 17.8. The number of nitrogens with two attached hydrogens (primary N) is 1. The summed E-state index contributed by atoms with van der Waals surface area (Å²) in [6.07, 6.45) is 12.0. The lowest BCUT2D eigenvalue weighted by molar-refractivity contribution is -0.169. The first-order valence-electron chi connectivity index (χ1n) is 13.2. The van der Waals surface area contributed by atoms with Crippen molar-refractivity contribution >= 4 is 17.8 Å². The molecule has 0 aliphatic carbocycles. The Morgan fingerprint density at radius 3 is 1.88 bits per heavy atom. The molecule has 0 heterocycles. The molecule has 7 nitrogen and oxygen atoms in total. The molecule has 0 aromatic carbocycles. The van der Waals surface area contributed by atoms with Crippen molar-refractivity contribution in [2.24, 2.45) is 5.73 Å². The van der Waals surface area contributed by atoms with Crippen molar-refractivity contribution in [3.8, 4) is 0 Å². The third-order valence-electron chi connectivity index (χ3n) is 5.60. The molecule has 0 spiro atoms. The monoisotopic (exact) mass is 484 g/mol. The van der Waals surface area contributed by atoms with Crippen LogP contribution in [0.3, 0.4) is 0 Å². The Morgan fingerprint density at radius 1 is 0.824 bits per heavy atom. The normalized spacial score (nSPS) is 12.8. The van der Waals surface area contributed by atoms with Crippen molar-refractivity contribution in [3.05, 3.63) is 0 Å². The van der Waals surface area contributed by atoms with Gasteiger partial charge in [0.05, 0.1) is 6.42 Å². The number of carbonyl (C=O) groups is 3. The lowest BCUT2D eigenvalue weighted by Crippen LogP contribution is -2.40. The Bertz CT molecular complexity index is 598. The molecule has 0 bridgehead atoms. The highest BCUT2D eigenvalue weighted by Gasteiger charge is 2.31. The van der Waals surface area contributed by atoms with E-state index < -0.39 is 29.2 Å². The number of ether oxygens (including phenoxy) is 2. The summed E-state index contributed by atoms with van der Waals surface area (Å²) in [6, 6.07) is -0.675. The summed E-state index contributed by atoms with van der Waals surface area (Å²) in [5.41, 5.74) is 4.48. The number of amides is 1. The maximum absolute atomic E-state index is 12.3. The highest BCUT2D eigenvalue weighted by Crippen LogP contribution is 2.20. The summed E-state index contributed by atoms with van der Waals surface area (Å²) in [6.45, 7) is 11.8. The van der Waals surface area contributed by atoms with E-state index in [0.717, 1.165) is 64.3 Å². The Morgan fingerprint density at radius 2 is 1.35 bits per heavy atom. The van der Waals surface area contributed by atoms with Gasteiger partial charge in [-0.3, -0.25) is 14.4 Å². The SMILES string of the molecule is CCCCN(C)C(=O)CCCCCCCCCCC(N)C(=O)OC(C)(C)CC(=O)OC(C)(C)C. The van der Waals surface area contributed by atoms with Crippen LogP contribution in [0.5, 0.6) is 0 Å². The molecular formula is C27H52N2O5. The number of esters is 2. The van der Waals surface area contributed by atoms with Crippen LogP contribution in [0.4, 0.5) is 0 Å². The molecule has 1 atom stereocenters. The van der Waals surface area contributed by atoms with E-state index in [1.807, 2.05) is 11.9 Å². The summed E-state index contributed by atoms with van der Waals surface area (Å²) in [5, 5.41) is 0. The first-order chi connectivity index (χ1) is 15.8. The van der Waals surface area contributed by atoms with Crippen LogP contribution in [-0.4, -0.2) is 53.6 Å². The Hall–Kier alpha value is -1.63. The van der Waals surface area contributed by atoms with Crippen molar-refractivity contribution in [3.63, 3.8) is 0 Å². The van der Waals surface area contributed by atoms with Crippen LogP contribution in [-0.2, 0) is 23.9 Å². The quantitative estimate of drug-likeness (QED) is 0.203. The fourth-order valence-corrected chi connectivity index (χ4v) is 3.64. The van der Waals surface area contributed by atoms with Gasteiger partial charge in [-0.2, -0.15) is 0 Å². The van der Waals surface area contributed by atoms with Gasteiger partial charge in [-0.05, 0) is 53.9 Å². The average Bonchev–Trinajstić information content (AvgIpc) is 2.70. The minimum absolute atomic E-state index is 0.00749. The van der Waals surface area contributed by atoms with Crippen LogP contribution in [0.15, 0.2) is 0 Å². The summed E-state index contributed by atoms with van der Waals surface area (Å²) >= 11 is 0. The Labute approximate surface area is 208 Å². The van der Waals surface area contributed by atoms with E-state index in [0.29, 0.717) is 12.8 Å². The number of unbranched alkanes of at least 4 members (excludes halogenated alkanes) is 8. The molecule has 0 aliphatic rings. The number of hydrogen-bond donors (Lipinski definition) is 1. The molecule has 0 aliphatic heterocycles. The van der Waals surface area contributed by atoms with Crippen molar-refractivity contribution in [1.82, 2.24) is 4.90 Å². The molecule has 34 heavy (non-hydrogen) atoms. The van der Waals surface area contributed by atoms with Gasteiger partial charge in [0.1, 0.15) is 17.2 Å². The lowest BCUT2D eigenvalue weighted by Gasteiger charge is -2.28. The molecule has 1 amide bonds. The molecule has 0 radical (unpaired) electrons.